The van der Waals surface area contributed by atoms with E-state index in [9.17, 15) is 4.79 Å². The third-order valence-electron chi connectivity index (χ3n) is 4.67. The average molecular weight is 343 g/mol. The number of allylic oxidation sites excluding steroid dienone is 1. The molecule has 1 aliphatic carbocycles. The summed E-state index contributed by atoms with van der Waals surface area (Å²) in [6.45, 7) is 0.673. The summed E-state index contributed by atoms with van der Waals surface area (Å²) in [7, 11) is 0. The second-order valence-corrected chi connectivity index (χ2v) is 6.76. The van der Waals surface area contributed by atoms with E-state index in [0.717, 1.165) is 11.1 Å². The van der Waals surface area contributed by atoms with Gasteiger partial charge in [0.05, 0.1) is 12.7 Å². The molecule has 0 atom stereocenters. The van der Waals surface area contributed by atoms with Gasteiger partial charge in [0.1, 0.15) is 0 Å². The van der Waals surface area contributed by atoms with E-state index in [-0.39, 0.29) is 5.78 Å². The van der Waals surface area contributed by atoms with Crippen molar-refractivity contribution in [3.05, 3.63) is 59.4 Å². The van der Waals surface area contributed by atoms with Crippen molar-refractivity contribution in [3.63, 3.8) is 0 Å². The molecule has 1 saturated carbocycles. The molecule has 0 saturated heterocycles. The van der Waals surface area contributed by atoms with Gasteiger partial charge in [0.15, 0.2) is 5.78 Å². The summed E-state index contributed by atoms with van der Waals surface area (Å²) in [6, 6.07) is 8.15. The maximum Gasteiger partial charge on any atom is 0.185 e. The van der Waals surface area contributed by atoms with E-state index in [2.05, 4.69) is 17.2 Å². The highest BCUT2D eigenvalue weighted by atomic mass is 35.5. The molecule has 0 bridgehead atoms. The Morgan fingerprint density at radius 2 is 1.96 bits per heavy atom. The molecule has 24 heavy (non-hydrogen) atoms. The van der Waals surface area contributed by atoms with Crippen molar-refractivity contribution in [1.82, 2.24) is 9.78 Å². The zero-order chi connectivity index (χ0) is 16.8. The lowest BCUT2D eigenvalue weighted by Gasteiger charge is -2.21. The zero-order valence-electron chi connectivity index (χ0n) is 13.8. The van der Waals surface area contributed by atoms with E-state index in [1.807, 2.05) is 18.3 Å². The zero-order valence-corrected chi connectivity index (χ0v) is 14.6. The summed E-state index contributed by atoms with van der Waals surface area (Å²) in [6.07, 6.45) is 13.6. The molecule has 3 nitrogen and oxygen atoms in total. The fourth-order valence-electron chi connectivity index (χ4n) is 3.30. The number of benzene rings is 1. The summed E-state index contributed by atoms with van der Waals surface area (Å²) < 4.78 is 1.77. The van der Waals surface area contributed by atoms with Gasteiger partial charge in [-0.1, -0.05) is 43.5 Å². The molecule has 4 heteroatoms. The van der Waals surface area contributed by atoms with Crippen LogP contribution >= 0.6 is 11.6 Å². The number of aryl methyl sites for hydroxylation is 1. The maximum absolute atomic E-state index is 12.3. The van der Waals surface area contributed by atoms with Crippen molar-refractivity contribution >= 4 is 23.5 Å². The van der Waals surface area contributed by atoms with E-state index >= 15 is 0 Å². The van der Waals surface area contributed by atoms with Gasteiger partial charge in [-0.2, -0.15) is 5.10 Å². The van der Waals surface area contributed by atoms with Crippen LogP contribution in [0.25, 0.3) is 6.08 Å². The minimum absolute atomic E-state index is 0.0234. The van der Waals surface area contributed by atoms with E-state index in [1.165, 1.54) is 37.7 Å². The SMILES string of the molecule is O=C(/C=C/c1cnn(CCCl)c1)c1ccc(C2CCCCC2)cc1. The first-order valence-corrected chi connectivity index (χ1v) is 9.20. The molecule has 3 rings (SSSR count). The number of nitrogens with zero attached hydrogens (tertiary/aromatic N) is 2. The first-order valence-electron chi connectivity index (χ1n) is 8.67. The highest BCUT2D eigenvalue weighted by molar-refractivity contribution is 6.17. The summed E-state index contributed by atoms with van der Waals surface area (Å²) in [4.78, 5) is 12.3. The van der Waals surface area contributed by atoms with Gasteiger partial charge >= 0.3 is 0 Å². The van der Waals surface area contributed by atoms with Crippen LogP contribution in [0.5, 0.6) is 0 Å². The van der Waals surface area contributed by atoms with Crippen LogP contribution in [0.2, 0.25) is 0 Å². The lowest BCUT2D eigenvalue weighted by atomic mass is 9.84. The van der Waals surface area contributed by atoms with Crippen LogP contribution in [0, 0.1) is 0 Å². The van der Waals surface area contributed by atoms with Crippen LogP contribution in [0.1, 0.15) is 59.5 Å². The van der Waals surface area contributed by atoms with Crippen LogP contribution in [0.3, 0.4) is 0 Å². The fraction of sp³-hybridized carbons (Fsp3) is 0.400. The number of rotatable bonds is 6. The number of aromatic nitrogens is 2. The first kappa shape index (κ1) is 17.0. The van der Waals surface area contributed by atoms with Gasteiger partial charge in [-0.25, -0.2) is 0 Å². The fourth-order valence-corrected chi connectivity index (χ4v) is 3.47. The standard InChI is InChI=1S/C20H23ClN2O/c21-12-13-23-15-16(14-22-23)6-11-20(24)19-9-7-18(8-10-19)17-4-2-1-3-5-17/h6-11,14-15,17H,1-5,12-13H2/b11-6+. The van der Waals surface area contributed by atoms with Crippen LogP contribution in [0.4, 0.5) is 0 Å². The summed E-state index contributed by atoms with van der Waals surface area (Å²) in [5, 5.41) is 4.19. The van der Waals surface area contributed by atoms with Crippen LogP contribution in [0.15, 0.2) is 42.7 Å². The number of hydrogen-bond acceptors (Lipinski definition) is 2. The van der Waals surface area contributed by atoms with E-state index in [4.69, 9.17) is 11.6 Å². The van der Waals surface area contributed by atoms with E-state index in [1.54, 1.807) is 23.0 Å². The first-order chi connectivity index (χ1) is 11.8. The van der Waals surface area contributed by atoms with Gasteiger partial charge in [0.2, 0.25) is 0 Å². The quantitative estimate of drug-likeness (QED) is 0.417. The molecule has 1 fully saturated rings. The Labute approximate surface area is 148 Å². The van der Waals surface area contributed by atoms with Gasteiger partial charge in [-0.3, -0.25) is 9.48 Å². The Morgan fingerprint density at radius 1 is 1.21 bits per heavy atom. The number of ketones is 1. The maximum atomic E-state index is 12.3. The third kappa shape index (κ3) is 4.35. The monoisotopic (exact) mass is 342 g/mol. The molecule has 126 valence electrons. The molecule has 0 spiro atoms. The van der Waals surface area contributed by atoms with Gasteiger partial charge < -0.3 is 0 Å². The van der Waals surface area contributed by atoms with Crippen LogP contribution < -0.4 is 0 Å². The largest absolute Gasteiger partial charge is 0.289 e. The van der Waals surface area contributed by atoms with Crippen molar-refractivity contribution in [2.24, 2.45) is 0 Å². The average Bonchev–Trinajstić information content (AvgIpc) is 3.08. The number of halogens is 1. The van der Waals surface area contributed by atoms with E-state index in [0.29, 0.717) is 18.3 Å². The number of hydrogen-bond donors (Lipinski definition) is 0. The van der Waals surface area contributed by atoms with Crippen LogP contribution in [-0.4, -0.2) is 21.4 Å². The summed E-state index contributed by atoms with van der Waals surface area (Å²) >= 11 is 5.69. The Bertz CT molecular complexity index is 697. The molecule has 0 aliphatic heterocycles. The molecule has 1 aromatic carbocycles. The van der Waals surface area contributed by atoms with Crippen molar-refractivity contribution in [2.75, 3.05) is 5.88 Å². The molecule has 0 radical (unpaired) electrons. The Morgan fingerprint density at radius 3 is 2.67 bits per heavy atom. The molecular weight excluding hydrogens is 320 g/mol. The third-order valence-corrected chi connectivity index (χ3v) is 4.83. The van der Waals surface area contributed by atoms with Crippen molar-refractivity contribution in [3.8, 4) is 0 Å². The molecule has 0 amide bonds. The molecule has 1 aliphatic rings. The second-order valence-electron chi connectivity index (χ2n) is 6.38. The molecule has 0 N–H and O–H groups in total. The van der Waals surface area contributed by atoms with Gasteiger partial charge in [-0.05, 0) is 36.5 Å². The van der Waals surface area contributed by atoms with Gasteiger partial charge in [-0.15, -0.1) is 11.6 Å². The minimum atomic E-state index is 0.0234. The molecule has 2 aromatic rings. The predicted molar refractivity (Wildman–Crippen MR) is 98.6 cm³/mol. The van der Waals surface area contributed by atoms with Crippen molar-refractivity contribution in [2.45, 2.75) is 44.6 Å². The predicted octanol–water partition coefficient (Wildman–Crippen LogP) is 5.07. The minimum Gasteiger partial charge on any atom is -0.289 e. The molecule has 0 unspecified atom stereocenters. The van der Waals surface area contributed by atoms with Crippen molar-refractivity contribution in [1.29, 1.82) is 0 Å². The van der Waals surface area contributed by atoms with Gasteiger partial charge in [0.25, 0.3) is 0 Å². The molecular formula is C20H23ClN2O. The van der Waals surface area contributed by atoms with E-state index < -0.39 is 0 Å². The Balaban J connectivity index is 1.62. The number of carbonyl (C=O) groups is 1. The topological polar surface area (TPSA) is 34.9 Å². The Kier molecular flexibility index (Phi) is 5.86. The number of carbonyl (C=O) groups excluding carboxylic acids is 1. The molecule has 1 aromatic heterocycles. The van der Waals surface area contributed by atoms with Crippen molar-refractivity contribution < 1.29 is 4.79 Å². The summed E-state index contributed by atoms with van der Waals surface area (Å²) in [5.74, 6) is 1.22. The normalized spacial score (nSPS) is 15.9. The highest BCUT2D eigenvalue weighted by Gasteiger charge is 2.15. The van der Waals surface area contributed by atoms with Crippen LogP contribution in [-0.2, 0) is 6.54 Å². The smallest absolute Gasteiger partial charge is 0.185 e. The summed E-state index contributed by atoms with van der Waals surface area (Å²) in [5.41, 5.74) is 3.02. The second kappa shape index (κ2) is 8.29. The Hall–Kier alpha value is -1.87. The lowest BCUT2D eigenvalue weighted by Crippen LogP contribution is -2.04. The molecule has 1 heterocycles. The lowest BCUT2D eigenvalue weighted by molar-refractivity contribution is 0.104. The highest BCUT2D eigenvalue weighted by Crippen LogP contribution is 2.32. The number of alkyl halides is 1. The van der Waals surface area contributed by atoms with Gasteiger partial charge in [0, 0.05) is 23.2 Å².